The Morgan fingerprint density at radius 3 is 0.867 bits per heavy atom. The third kappa shape index (κ3) is 19.1. The van der Waals surface area contributed by atoms with Crippen LogP contribution in [-0.4, -0.2) is 30.8 Å². The van der Waals surface area contributed by atoms with E-state index in [1.54, 1.807) is 6.92 Å². The van der Waals surface area contributed by atoms with E-state index in [4.69, 9.17) is 4.84 Å². The minimum Gasteiger partial charge on any atom is -0.693 e. The minimum atomic E-state index is 0. The molecular formula is C88H99IrN7O2-4. The van der Waals surface area contributed by atoms with Crippen molar-refractivity contribution in [2.45, 2.75) is 89.1 Å². The number of benzene rings is 12. The van der Waals surface area contributed by atoms with Crippen LogP contribution >= 0.6 is 0 Å². The smallest absolute Gasteiger partial charge is 0.133 e. The third-order valence-electron chi connectivity index (χ3n) is 15.6. The Hall–Kier alpha value is -10.2. The Labute approximate surface area is 596 Å². The molecule has 0 amide bonds. The van der Waals surface area contributed by atoms with E-state index < -0.39 is 0 Å². The summed E-state index contributed by atoms with van der Waals surface area (Å²) < 4.78 is 8.86. The average Bonchev–Trinajstić information content (AvgIpc) is 1.63. The van der Waals surface area contributed by atoms with Gasteiger partial charge in [-0.25, -0.2) is 0 Å². The predicted molar refractivity (Wildman–Crippen MR) is 427 cm³/mol. The van der Waals surface area contributed by atoms with Crippen molar-refractivity contribution >= 4 is 93.0 Å². The maximum absolute atomic E-state index is 11.0. The van der Waals surface area contributed by atoms with E-state index in [2.05, 4.69) is 282 Å². The van der Waals surface area contributed by atoms with E-state index in [9.17, 15) is 4.79 Å². The van der Waals surface area contributed by atoms with E-state index in [0.29, 0.717) is 13.0 Å². The summed E-state index contributed by atoms with van der Waals surface area (Å²) in [5, 5.41) is 10.3. The Bertz CT molecular complexity index is 4690. The molecule has 0 aliphatic carbocycles. The van der Waals surface area contributed by atoms with Gasteiger partial charge >= 0.3 is 0 Å². The van der Waals surface area contributed by atoms with Crippen molar-refractivity contribution in [3.05, 3.63) is 341 Å². The Kier molecular flexibility index (Phi) is 35.5. The van der Waals surface area contributed by atoms with Crippen molar-refractivity contribution in [2.75, 3.05) is 6.61 Å². The first-order valence-electron chi connectivity index (χ1n) is 33.2. The van der Waals surface area contributed by atoms with Gasteiger partial charge < -0.3 is 44.4 Å². The normalized spacial score (nSPS) is 9.74. The van der Waals surface area contributed by atoms with Gasteiger partial charge in [0.25, 0.3) is 0 Å². The van der Waals surface area contributed by atoms with Gasteiger partial charge in [-0.2, -0.15) is 4.73 Å². The van der Waals surface area contributed by atoms with Gasteiger partial charge in [-0.3, -0.25) is 4.79 Å². The van der Waals surface area contributed by atoms with Crippen LogP contribution in [0.2, 0.25) is 0 Å². The fourth-order valence-corrected chi connectivity index (χ4v) is 11.6. The van der Waals surface area contributed by atoms with Gasteiger partial charge in [0.15, 0.2) is 0 Å². The maximum atomic E-state index is 11.0. The molecule has 16 aromatic rings. The number of para-hydroxylation sites is 9. The molecule has 0 aliphatic rings. The molecule has 0 unspecified atom stereocenters. The first-order valence-corrected chi connectivity index (χ1v) is 33.2. The molecule has 0 saturated carbocycles. The molecule has 16 rings (SSSR count). The van der Waals surface area contributed by atoms with E-state index in [-0.39, 0.29) is 51.8 Å². The first-order chi connectivity index (χ1) is 45.9. The van der Waals surface area contributed by atoms with Crippen LogP contribution in [0.25, 0.3) is 128 Å². The molecule has 0 aliphatic heterocycles. The average molecular weight is 1480 g/mol. The van der Waals surface area contributed by atoms with Crippen LogP contribution in [0, 0.1) is 14.4 Å². The van der Waals surface area contributed by atoms with E-state index in [0.717, 1.165) is 17.6 Å². The third-order valence-corrected chi connectivity index (χ3v) is 15.6. The fraction of sp³-hybridized carbons (Fsp3) is 0.159. The summed E-state index contributed by atoms with van der Waals surface area (Å²) in [6.45, 7) is 23.3. The molecule has 6 N–H and O–H groups in total. The van der Waals surface area contributed by atoms with Crippen molar-refractivity contribution in [3.8, 4) is 22.5 Å². The zero-order valence-corrected chi connectivity index (χ0v) is 61.6. The largest absolute Gasteiger partial charge is 0.693 e. The van der Waals surface area contributed by atoms with Crippen LogP contribution in [0.3, 0.4) is 0 Å². The molecule has 12 aromatic carbocycles. The van der Waals surface area contributed by atoms with Crippen molar-refractivity contribution in [1.82, 2.24) is 18.4 Å². The van der Waals surface area contributed by atoms with Gasteiger partial charge in [-0.05, 0) is 105 Å². The number of hydrogen-bond acceptors (Lipinski definition) is 2. The summed E-state index contributed by atoms with van der Waals surface area (Å²) in [5.41, 5.74) is 16.0. The van der Waals surface area contributed by atoms with E-state index >= 15 is 0 Å². The second-order valence-electron chi connectivity index (χ2n) is 21.0. The van der Waals surface area contributed by atoms with Gasteiger partial charge in [0.2, 0.25) is 0 Å². The van der Waals surface area contributed by atoms with Crippen LogP contribution in [0.15, 0.2) is 309 Å². The second-order valence-corrected chi connectivity index (χ2v) is 21.0. The SMILES string of the molecule is CC.CC.CC.CC.CC(=O)CCOn1c2ccccc2c2ccccc21.CCn1c2ccccc2c2ccccc21.Cc1ccccc1.[CH3-].[Ir].[NH2-].[NH2-].[NH2-].c1ccc(-c2ccc(-n3c4ccccc4c4ccccc43)cc2)cc1.c1ccc(-n2c3ccccc3c3ccccc32)cc1. The number of nitrogens with zero attached hydrogens (tertiary/aromatic N) is 4. The number of Topliss-reactive ketones (excluding diaryl/α,β-unsaturated/α-hetero) is 1. The zero-order chi connectivity index (χ0) is 65.9. The molecule has 0 spiro atoms. The van der Waals surface area contributed by atoms with Crippen LogP contribution in [0.1, 0.15) is 81.2 Å². The van der Waals surface area contributed by atoms with Crippen molar-refractivity contribution in [2.24, 2.45) is 0 Å². The van der Waals surface area contributed by atoms with Gasteiger partial charge in [0.1, 0.15) is 12.4 Å². The molecule has 0 saturated heterocycles. The molecule has 10 heteroatoms. The monoisotopic (exact) mass is 1480 g/mol. The topological polar surface area (TPSA) is 147 Å². The summed E-state index contributed by atoms with van der Waals surface area (Å²) in [6, 6.07) is 108. The summed E-state index contributed by atoms with van der Waals surface area (Å²) in [5.74, 6) is 0.140. The number of ketones is 1. The fourth-order valence-electron chi connectivity index (χ4n) is 11.6. The van der Waals surface area contributed by atoms with Gasteiger partial charge in [0.05, 0.1) is 33.1 Å². The number of carbonyl (C=O) groups excluding carboxylic acids is 1. The Balaban J connectivity index is 0.000000316. The van der Waals surface area contributed by atoms with Crippen LogP contribution in [0.5, 0.6) is 0 Å². The van der Waals surface area contributed by atoms with Crippen LogP contribution < -0.4 is 4.84 Å². The molecule has 9 nitrogen and oxygen atoms in total. The molecule has 0 bridgehead atoms. The first kappa shape index (κ1) is 82.1. The molecule has 511 valence electrons. The summed E-state index contributed by atoms with van der Waals surface area (Å²) in [6.07, 6.45) is 0.431. The second kappa shape index (κ2) is 42.4. The van der Waals surface area contributed by atoms with Crippen molar-refractivity contribution in [1.29, 1.82) is 0 Å². The minimum absolute atomic E-state index is 0. The Morgan fingerprint density at radius 2 is 0.561 bits per heavy atom. The van der Waals surface area contributed by atoms with E-state index in [1.165, 1.54) is 104 Å². The van der Waals surface area contributed by atoms with Crippen LogP contribution in [-0.2, 0) is 31.4 Å². The Morgan fingerprint density at radius 1 is 0.316 bits per heavy atom. The molecule has 0 fully saturated rings. The predicted octanol–water partition coefficient (Wildman–Crippen LogP) is 26.9. The number of hydrogen-bond donors (Lipinski definition) is 0. The number of aryl methyl sites for hydroxylation is 2. The summed E-state index contributed by atoms with van der Waals surface area (Å²) in [7, 11) is 0. The van der Waals surface area contributed by atoms with Gasteiger partial charge in [-0.15, -0.1) is 0 Å². The molecule has 0 atom stereocenters. The van der Waals surface area contributed by atoms with E-state index in [1.807, 2.05) is 115 Å². The zero-order valence-electron chi connectivity index (χ0n) is 59.2. The number of fused-ring (bicyclic) bond motifs is 12. The molecule has 1 radical (unpaired) electrons. The standard InChI is InChI=1S/C24H17N.C18H13N.C16H15NO2.C14H13N.C7H8.4C2H6.CH3.Ir.3H2N/c1-2-8-18(9-3-1)19-14-16-20(17-15-19)25-23-12-6-4-10-21(23)22-11-5-7-13-24(22)25;1-2-8-14(9-3-1)19-17-12-6-4-10-15(17)16-11-5-7-13-18(16)19;1-12(18)10-11-19-17-15-8-4-2-6-13(15)14-7-3-5-9-16(14)17;1-2-15-13-9-5-3-7-11(13)12-8-4-6-10-14(12)15;1-7-5-3-2-4-6-7;4*1-2;;;;;/h1-17H;1-13H;2-9H,10-11H2,1H3;3-10H,2H2,1H3;2-6H,1H3;4*1-2H3;1H3;;3*1H2/q;;;;;;;;;-1;;3*-1. The van der Waals surface area contributed by atoms with Crippen LogP contribution in [0.4, 0.5) is 0 Å². The van der Waals surface area contributed by atoms with Crippen molar-refractivity contribution < 1.29 is 29.7 Å². The summed E-state index contributed by atoms with van der Waals surface area (Å²) >= 11 is 0. The van der Waals surface area contributed by atoms with Crippen molar-refractivity contribution in [3.63, 3.8) is 0 Å². The number of carbonyl (C=O) groups is 1. The number of nitrogens with two attached hydrogens (primary N) is 3. The molecule has 4 aromatic heterocycles. The summed E-state index contributed by atoms with van der Waals surface area (Å²) in [4.78, 5) is 16.8. The van der Waals surface area contributed by atoms with Gasteiger partial charge in [0, 0.05) is 98.6 Å². The quantitative estimate of drug-likeness (QED) is 0.139. The molecule has 98 heavy (non-hydrogen) atoms. The molecule has 4 heterocycles. The number of aromatic nitrogens is 4. The maximum Gasteiger partial charge on any atom is 0.133 e. The molecular weight excluding hydrogens is 1380 g/mol. The van der Waals surface area contributed by atoms with Gasteiger partial charge in [-0.1, -0.05) is 298 Å². The number of rotatable bonds is 8.